The minimum absolute atomic E-state index is 0.296. The molecule has 0 aromatic carbocycles. The first-order chi connectivity index (χ1) is 7.40. The quantitative estimate of drug-likeness (QED) is 0.401. The number of rotatable bonds is 6. The third-order valence-corrected chi connectivity index (χ3v) is 7.34. The van der Waals surface area contributed by atoms with Crippen molar-refractivity contribution in [3.8, 4) is 0 Å². The average Bonchev–Trinajstić information content (AvgIpc) is 2.11. The molecular formula is C9H6BiO6-3. The number of hydrogen-bond donors (Lipinski definition) is 0. The van der Waals surface area contributed by atoms with Gasteiger partial charge in [-0.2, -0.15) is 0 Å². The molecule has 0 atom stereocenters. The second-order valence-corrected chi connectivity index (χ2v) is 8.20. The summed E-state index contributed by atoms with van der Waals surface area (Å²) < 4.78 is 1.14. The number of carboxylic acids is 3. The Labute approximate surface area is 102 Å². The van der Waals surface area contributed by atoms with Crippen LogP contribution in [0.4, 0.5) is 0 Å². The molecular weight excluding hydrogens is 413 g/mol. The number of aliphatic carboxylic acids is 3. The van der Waals surface area contributed by atoms with Crippen LogP contribution in [-0.4, -0.2) is 43.9 Å². The van der Waals surface area contributed by atoms with Crippen molar-refractivity contribution in [1.82, 2.24) is 0 Å². The van der Waals surface area contributed by atoms with Gasteiger partial charge in [-0.3, -0.25) is 0 Å². The Morgan fingerprint density at radius 3 is 1.81 bits per heavy atom. The van der Waals surface area contributed by atoms with E-state index < -0.39 is 47.1 Å². The summed E-state index contributed by atoms with van der Waals surface area (Å²) in [5.41, 5.74) is 0.324. The van der Waals surface area contributed by atoms with Crippen molar-refractivity contribution < 1.29 is 29.7 Å². The Morgan fingerprint density at radius 2 is 1.38 bits per heavy atom. The summed E-state index contributed by atoms with van der Waals surface area (Å²) in [6, 6.07) is 0. The van der Waals surface area contributed by atoms with Gasteiger partial charge in [-0.25, -0.2) is 0 Å². The zero-order valence-corrected chi connectivity index (χ0v) is 11.5. The fourth-order valence-electron chi connectivity index (χ4n) is 1.33. The fraction of sp³-hybridized carbons (Fsp3) is 0.333. The molecule has 86 valence electrons. The molecule has 0 aromatic heterocycles. The number of carboxylic acid groups (broad SMARTS) is 3. The zero-order chi connectivity index (χ0) is 12.3. The van der Waals surface area contributed by atoms with Gasteiger partial charge in [0.2, 0.25) is 0 Å². The van der Waals surface area contributed by atoms with Gasteiger partial charge >= 0.3 is 102 Å². The van der Waals surface area contributed by atoms with Gasteiger partial charge < -0.3 is 0 Å². The van der Waals surface area contributed by atoms with E-state index in [0.717, 1.165) is 0 Å². The maximum atomic E-state index is 10.4. The summed E-state index contributed by atoms with van der Waals surface area (Å²) in [4.78, 5) is 31.1. The molecule has 0 aliphatic carbocycles. The Kier molecular flexibility index (Phi) is 4.29. The van der Waals surface area contributed by atoms with Gasteiger partial charge in [0.05, 0.1) is 0 Å². The molecule has 1 aliphatic heterocycles. The summed E-state index contributed by atoms with van der Waals surface area (Å²) >= 11 is -1.46. The van der Waals surface area contributed by atoms with E-state index in [1.54, 1.807) is 0 Å². The predicted octanol–water partition coefficient (Wildman–Crippen LogP) is -4.45. The van der Waals surface area contributed by atoms with Crippen LogP contribution < -0.4 is 15.3 Å². The van der Waals surface area contributed by atoms with Gasteiger partial charge in [0, 0.05) is 0 Å². The Morgan fingerprint density at radius 1 is 0.875 bits per heavy atom. The van der Waals surface area contributed by atoms with E-state index in [4.69, 9.17) is 0 Å². The average molecular weight is 419 g/mol. The molecule has 0 fully saturated rings. The van der Waals surface area contributed by atoms with Crippen molar-refractivity contribution in [2.75, 3.05) is 0 Å². The minimum atomic E-state index is -1.46. The second-order valence-electron chi connectivity index (χ2n) is 3.13. The molecule has 7 heteroatoms. The van der Waals surface area contributed by atoms with Gasteiger partial charge in [0.1, 0.15) is 0 Å². The topological polar surface area (TPSA) is 120 Å². The van der Waals surface area contributed by atoms with Gasteiger partial charge in [-0.1, -0.05) is 0 Å². The van der Waals surface area contributed by atoms with E-state index in [0.29, 0.717) is 12.1 Å². The molecule has 0 aromatic rings. The molecule has 0 bridgehead atoms. The van der Waals surface area contributed by atoms with E-state index in [1.165, 1.54) is 0 Å². The molecule has 0 N–H and O–H groups in total. The molecule has 6 nitrogen and oxygen atoms in total. The van der Waals surface area contributed by atoms with Gasteiger partial charge in [-0.05, 0) is 0 Å². The molecule has 1 rings (SSSR count). The second kappa shape index (κ2) is 5.30. The van der Waals surface area contributed by atoms with E-state index in [-0.39, 0.29) is 12.8 Å². The van der Waals surface area contributed by atoms with Crippen LogP contribution in [0.1, 0.15) is 19.3 Å². The first kappa shape index (κ1) is 13.0. The molecule has 0 amide bonds. The Balaban J connectivity index is 2.75. The van der Waals surface area contributed by atoms with Crippen LogP contribution in [0.3, 0.4) is 0 Å². The first-order valence-corrected chi connectivity index (χ1v) is 7.77. The van der Waals surface area contributed by atoms with Gasteiger partial charge in [-0.15, -0.1) is 0 Å². The van der Waals surface area contributed by atoms with Crippen LogP contribution in [0.5, 0.6) is 0 Å². The molecule has 1 heterocycles. The molecule has 16 heavy (non-hydrogen) atoms. The molecule has 0 unspecified atom stereocenters. The van der Waals surface area contributed by atoms with Gasteiger partial charge in [0.25, 0.3) is 0 Å². The van der Waals surface area contributed by atoms with Crippen molar-refractivity contribution in [1.29, 1.82) is 0 Å². The summed E-state index contributed by atoms with van der Waals surface area (Å²) in [6.07, 6.45) is -1.01. The van der Waals surface area contributed by atoms with Crippen molar-refractivity contribution in [3.05, 3.63) is 8.85 Å². The van der Waals surface area contributed by atoms with Crippen molar-refractivity contribution in [2.24, 2.45) is 0 Å². The van der Waals surface area contributed by atoms with Crippen molar-refractivity contribution in [2.45, 2.75) is 19.3 Å². The van der Waals surface area contributed by atoms with E-state index in [1.807, 2.05) is 0 Å². The Hall–Kier alpha value is -1.10. The molecule has 0 saturated carbocycles. The van der Waals surface area contributed by atoms with Crippen molar-refractivity contribution in [3.63, 3.8) is 0 Å². The monoisotopic (exact) mass is 419 g/mol. The number of carbonyl (C=O) groups is 3. The van der Waals surface area contributed by atoms with Crippen LogP contribution >= 0.6 is 0 Å². The number of hydrogen-bond acceptors (Lipinski definition) is 6. The van der Waals surface area contributed by atoms with Gasteiger partial charge in [0.15, 0.2) is 0 Å². The normalized spacial score (nSPS) is 14.1. The first-order valence-electron chi connectivity index (χ1n) is 4.29. The third-order valence-electron chi connectivity index (χ3n) is 1.91. The van der Waals surface area contributed by atoms with Crippen LogP contribution in [0.25, 0.3) is 0 Å². The van der Waals surface area contributed by atoms with Crippen LogP contribution in [0, 0.1) is 0 Å². The summed E-state index contributed by atoms with van der Waals surface area (Å²) in [5, 5.41) is 31.1. The third kappa shape index (κ3) is 3.49. The summed E-state index contributed by atoms with van der Waals surface area (Å²) in [6.45, 7) is 0. The van der Waals surface area contributed by atoms with Crippen molar-refractivity contribution >= 4 is 43.9 Å². The fourth-order valence-corrected chi connectivity index (χ4v) is 6.27. The predicted molar refractivity (Wildman–Crippen MR) is 46.7 cm³/mol. The molecule has 0 radical (unpaired) electrons. The van der Waals surface area contributed by atoms with Crippen LogP contribution in [0.15, 0.2) is 8.85 Å². The SMILES string of the molecule is O=C([O-])C[C]1=[Bi][C](CC(=O)[O-])=C1CC(=O)[O-]. The van der Waals surface area contributed by atoms with E-state index in [2.05, 4.69) is 0 Å². The molecule has 0 saturated heterocycles. The van der Waals surface area contributed by atoms with Crippen LogP contribution in [-0.2, 0) is 14.4 Å². The molecule has 0 spiro atoms. The Bertz CT molecular complexity index is 420. The number of carbonyl (C=O) groups excluding carboxylic acids is 3. The summed E-state index contributed by atoms with van der Waals surface area (Å²) in [5.74, 6) is -3.90. The zero-order valence-electron chi connectivity index (χ0n) is 8.02. The van der Waals surface area contributed by atoms with Crippen LogP contribution in [0.2, 0.25) is 0 Å². The summed E-state index contributed by atoms with van der Waals surface area (Å²) in [7, 11) is 0. The standard InChI is InChI=1S/C9H9O6.Bi/c10-7(11)3-1-6(5-9(14)15)2-4-8(12)13;/h3-5H2,(H,10,11)(H,12,13)(H,14,15);/p-3. The maximum absolute atomic E-state index is 10.4. The molecule has 1 aliphatic rings. The van der Waals surface area contributed by atoms with E-state index in [9.17, 15) is 29.7 Å². The van der Waals surface area contributed by atoms with E-state index >= 15 is 0 Å².